The highest BCUT2D eigenvalue weighted by Gasteiger charge is 2.33. The van der Waals surface area contributed by atoms with E-state index in [1.807, 2.05) is 0 Å². The lowest BCUT2D eigenvalue weighted by Gasteiger charge is -2.26. The molecule has 1 atom stereocenters. The second-order valence-corrected chi connectivity index (χ2v) is 13.9. The minimum atomic E-state index is -1.46. The van der Waals surface area contributed by atoms with E-state index in [0.29, 0.717) is 0 Å². The van der Waals surface area contributed by atoms with Crippen molar-refractivity contribution in [3.63, 3.8) is 0 Å². The van der Waals surface area contributed by atoms with Crippen molar-refractivity contribution in [1.82, 2.24) is 0 Å². The van der Waals surface area contributed by atoms with Crippen molar-refractivity contribution in [3.05, 3.63) is 12.2 Å². The fraction of sp³-hybridized carbons (Fsp3) is 0.864. The second-order valence-electron chi connectivity index (χ2n) is 8.46. The first-order valence-electron chi connectivity index (χ1n) is 10.7. The van der Waals surface area contributed by atoms with Gasteiger partial charge in [0.1, 0.15) is 0 Å². The molecule has 0 saturated heterocycles. The molecule has 0 spiro atoms. The van der Waals surface area contributed by atoms with Gasteiger partial charge < -0.3 is 4.74 Å². The van der Waals surface area contributed by atoms with Crippen molar-refractivity contribution in [1.29, 1.82) is 0 Å². The highest BCUT2D eigenvalue weighted by Crippen LogP contribution is 2.29. The molecule has 0 heterocycles. The first kappa shape index (κ1) is 24.4. The SMILES string of the molecule is CCCCCCCC/C=C\CCCCCCC(C(=O)OC)[Si](C)(C)C. The summed E-state index contributed by atoms with van der Waals surface area (Å²) in [6.45, 7) is 9.07. The zero-order valence-electron chi connectivity index (χ0n) is 17.7. The van der Waals surface area contributed by atoms with Crippen LogP contribution in [0.3, 0.4) is 0 Å². The van der Waals surface area contributed by atoms with Crippen LogP contribution in [0.5, 0.6) is 0 Å². The molecule has 3 heteroatoms. The molecule has 2 nitrogen and oxygen atoms in total. The summed E-state index contributed by atoms with van der Waals surface area (Å²) in [5.41, 5.74) is 0.162. The third-order valence-electron chi connectivity index (χ3n) is 5.04. The van der Waals surface area contributed by atoms with Crippen LogP contribution >= 0.6 is 0 Å². The van der Waals surface area contributed by atoms with Gasteiger partial charge in [-0.3, -0.25) is 4.79 Å². The van der Waals surface area contributed by atoms with Crippen LogP contribution in [0.15, 0.2) is 12.2 Å². The molecule has 0 radical (unpaired) electrons. The standard InChI is InChI=1S/C22H44O2Si/c1-6-7-8-9-10-11-12-13-14-15-16-17-18-19-20-21(22(23)24-2)25(3,4)5/h13-14,21H,6-12,15-20H2,1-5H3/b14-13-. The van der Waals surface area contributed by atoms with E-state index in [1.54, 1.807) is 0 Å². The van der Waals surface area contributed by atoms with Gasteiger partial charge in [0.25, 0.3) is 0 Å². The van der Waals surface area contributed by atoms with Gasteiger partial charge in [-0.05, 0) is 32.1 Å². The number of unbranched alkanes of at least 4 members (excludes halogenated alkanes) is 10. The lowest BCUT2D eigenvalue weighted by Crippen LogP contribution is -2.34. The summed E-state index contributed by atoms with van der Waals surface area (Å²) in [6, 6.07) is 0. The van der Waals surface area contributed by atoms with Crippen LogP contribution in [-0.4, -0.2) is 21.2 Å². The number of esters is 1. The Morgan fingerprint density at radius 1 is 0.840 bits per heavy atom. The van der Waals surface area contributed by atoms with Crippen LogP contribution in [0.4, 0.5) is 0 Å². The maximum Gasteiger partial charge on any atom is 0.305 e. The summed E-state index contributed by atoms with van der Waals surface area (Å²) < 4.78 is 5.00. The molecule has 0 aliphatic heterocycles. The van der Waals surface area contributed by atoms with E-state index in [9.17, 15) is 4.79 Å². The van der Waals surface area contributed by atoms with Crippen molar-refractivity contribution in [2.45, 2.75) is 116 Å². The van der Waals surface area contributed by atoms with E-state index in [0.717, 1.165) is 12.8 Å². The molecule has 0 aromatic heterocycles. The Bertz CT molecular complexity index is 344. The van der Waals surface area contributed by atoms with E-state index in [4.69, 9.17) is 4.74 Å². The van der Waals surface area contributed by atoms with Gasteiger partial charge in [0, 0.05) is 0 Å². The minimum absolute atomic E-state index is 0.0109. The summed E-state index contributed by atoms with van der Waals surface area (Å²) in [7, 11) is 0.0594. The summed E-state index contributed by atoms with van der Waals surface area (Å²) in [4.78, 5) is 11.9. The van der Waals surface area contributed by atoms with Gasteiger partial charge in [-0.15, -0.1) is 0 Å². The average Bonchev–Trinajstić information content (AvgIpc) is 2.56. The number of rotatable bonds is 16. The van der Waals surface area contributed by atoms with E-state index in [2.05, 4.69) is 38.7 Å². The Labute approximate surface area is 158 Å². The van der Waals surface area contributed by atoms with Gasteiger partial charge in [-0.2, -0.15) is 0 Å². The monoisotopic (exact) mass is 368 g/mol. The second kappa shape index (κ2) is 15.7. The molecule has 0 aromatic carbocycles. The van der Waals surface area contributed by atoms with Crippen molar-refractivity contribution < 1.29 is 9.53 Å². The number of methoxy groups -OCH3 is 1. The van der Waals surface area contributed by atoms with E-state index in [1.165, 1.54) is 77.7 Å². The molecule has 25 heavy (non-hydrogen) atoms. The number of hydrogen-bond acceptors (Lipinski definition) is 2. The Hall–Kier alpha value is -0.573. The molecule has 148 valence electrons. The van der Waals surface area contributed by atoms with Gasteiger partial charge in [-0.25, -0.2) is 0 Å². The largest absolute Gasteiger partial charge is 0.469 e. The molecule has 0 fully saturated rings. The average molecular weight is 369 g/mol. The zero-order valence-corrected chi connectivity index (χ0v) is 18.7. The maximum atomic E-state index is 11.9. The highest BCUT2D eigenvalue weighted by atomic mass is 28.3. The molecular formula is C22H44O2Si. The molecule has 0 aliphatic rings. The smallest absolute Gasteiger partial charge is 0.305 e. The molecule has 0 aliphatic carbocycles. The Morgan fingerprint density at radius 2 is 1.32 bits per heavy atom. The molecule has 1 unspecified atom stereocenters. The molecular weight excluding hydrogens is 324 g/mol. The van der Waals surface area contributed by atoms with Crippen LogP contribution in [0, 0.1) is 0 Å². The van der Waals surface area contributed by atoms with Crippen LogP contribution in [-0.2, 0) is 9.53 Å². The minimum Gasteiger partial charge on any atom is -0.469 e. The number of hydrogen-bond donors (Lipinski definition) is 0. The molecule has 0 saturated carbocycles. The topological polar surface area (TPSA) is 26.3 Å². The quantitative estimate of drug-likeness (QED) is 0.122. The van der Waals surface area contributed by atoms with Crippen LogP contribution in [0.1, 0.15) is 90.4 Å². The van der Waals surface area contributed by atoms with Gasteiger partial charge in [0.2, 0.25) is 0 Å². The van der Waals surface area contributed by atoms with Gasteiger partial charge in [0.15, 0.2) is 0 Å². The predicted molar refractivity (Wildman–Crippen MR) is 114 cm³/mol. The number of carbonyl (C=O) groups is 1. The van der Waals surface area contributed by atoms with Gasteiger partial charge in [-0.1, -0.05) is 90.1 Å². The fourth-order valence-electron chi connectivity index (χ4n) is 3.29. The normalized spacial score (nSPS) is 13.3. The van der Waals surface area contributed by atoms with E-state index in [-0.39, 0.29) is 11.5 Å². The van der Waals surface area contributed by atoms with Gasteiger partial charge in [0.05, 0.1) is 20.7 Å². The number of allylic oxidation sites excluding steroid dienone is 2. The van der Waals surface area contributed by atoms with Crippen LogP contribution in [0.25, 0.3) is 0 Å². The van der Waals surface area contributed by atoms with Crippen molar-refractivity contribution in [2.24, 2.45) is 0 Å². The first-order chi connectivity index (χ1) is 11.9. The van der Waals surface area contributed by atoms with Crippen LogP contribution < -0.4 is 0 Å². The number of ether oxygens (including phenoxy) is 1. The highest BCUT2D eigenvalue weighted by molar-refractivity contribution is 6.80. The van der Waals surface area contributed by atoms with E-state index >= 15 is 0 Å². The summed E-state index contributed by atoms with van der Waals surface area (Å²) in [5.74, 6) is 0.0109. The number of carbonyl (C=O) groups excluding carboxylic acids is 1. The Balaban J connectivity index is 3.56. The summed E-state index contributed by atoms with van der Waals surface area (Å²) >= 11 is 0. The summed E-state index contributed by atoms with van der Waals surface area (Å²) in [5, 5.41) is 0. The molecule has 0 N–H and O–H groups in total. The molecule has 0 bridgehead atoms. The molecule has 0 aromatic rings. The van der Waals surface area contributed by atoms with Crippen LogP contribution in [0.2, 0.25) is 25.2 Å². The molecule has 0 amide bonds. The van der Waals surface area contributed by atoms with Gasteiger partial charge >= 0.3 is 5.97 Å². The molecule has 0 rings (SSSR count). The Kier molecular flexibility index (Phi) is 15.3. The fourth-order valence-corrected chi connectivity index (χ4v) is 5.18. The van der Waals surface area contributed by atoms with Crippen molar-refractivity contribution in [3.8, 4) is 0 Å². The third-order valence-corrected chi connectivity index (χ3v) is 7.65. The van der Waals surface area contributed by atoms with Crippen molar-refractivity contribution >= 4 is 14.0 Å². The Morgan fingerprint density at radius 3 is 1.80 bits per heavy atom. The van der Waals surface area contributed by atoms with E-state index < -0.39 is 8.07 Å². The maximum absolute atomic E-state index is 11.9. The third kappa shape index (κ3) is 14.3. The van der Waals surface area contributed by atoms with Crippen molar-refractivity contribution in [2.75, 3.05) is 7.11 Å². The first-order valence-corrected chi connectivity index (χ1v) is 14.2. The predicted octanol–water partition coefficient (Wildman–Crippen LogP) is 7.52. The zero-order chi connectivity index (χ0) is 19.0. The lowest BCUT2D eigenvalue weighted by molar-refractivity contribution is -0.140. The lowest BCUT2D eigenvalue weighted by atomic mass is 10.1. The summed E-state index contributed by atoms with van der Waals surface area (Å²) in [6.07, 6.45) is 21.5.